The Morgan fingerprint density at radius 3 is 2.89 bits per heavy atom. The summed E-state index contributed by atoms with van der Waals surface area (Å²) >= 11 is 0. The van der Waals surface area contributed by atoms with Crippen molar-refractivity contribution in [1.29, 1.82) is 0 Å². The molecule has 1 aliphatic rings. The zero-order valence-electron chi connectivity index (χ0n) is 16.1. The van der Waals surface area contributed by atoms with Gasteiger partial charge in [-0.1, -0.05) is 18.2 Å². The molecule has 7 heteroatoms. The highest BCUT2D eigenvalue weighted by molar-refractivity contribution is 5.80. The largest absolute Gasteiger partial charge is 0.370 e. The Morgan fingerprint density at radius 2 is 2.19 bits per heavy atom. The molecule has 1 fully saturated rings. The first kappa shape index (κ1) is 18.9. The van der Waals surface area contributed by atoms with Crippen molar-refractivity contribution in [1.82, 2.24) is 20.0 Å². The van der Waals surface area contributed by atoms with Crippen molar-refractivity contribution in [3.8, 4) is 5.69 Å². The van der Waals surface area contributed by atoms with Crippen LogP contribution in [0.2, 0.25) is 0 Å². The van der Waals surface area contributed by atoms with Crippen LogP contribution in [-0.2, 0) is 11.3 Å². The van der Waals surface area contributed by atoms with Crippen molar-refractivity contribution in [3.05, 3.63) is 47.8 Å². The molecule has 1 saturated heterocycles. The zero-order valence-corrected chi connectivity index (χ0v) is 16.1. The van der Waals surface area contributed by atoms with Gasteiger partial charge in [0.05, 0.1) is 11.4 Å². The minimum atomic E-state index is -0.228. The topological polar surface area (TPSA) is 88.5 Å². The molecule has 2 heterocycles. The van der Waals surface area contributed by atoms with Gasteiger partial charge >= 0.3 is 0 Å². The van der Waals surface area contributed by atoms with Gasteiger partial charge in [-0.25, -0.2) is 4.68 Å². The lowest BCUT2D eigenvalue weighted by atomic mass is 9.95. The highest BCUT2D eigenvalue weighted by Gasteiger charge is 2.23. The summed E-state index contributed by atoms with van der Waals surface area (Å²) in [7, 11) is 1.79. The summed E-state index contributed by atoms with van der Waals surface area (Å²) in [5, 5.41) is 7.99. The van der Waals surface area contributed by atoms with Gasteiger partial charge in [0, 0.05) is 39.3 Å². The molecule has 3 rings (SSSR count). The van der Waals surface area contributed by atoms with E-state index in [0.717, 1.165) is 48.8 Å². The second-order valence-electron chi connectivity index (χ2n) is 7.06. The molecule has 1 atom stereocenters. The summed E-state index contributed by atoms with van der Waals surface area (Å²) in [5.41, 5.74) is 8.56. The lowest BCUT2D eigenvalue weighted by Crippen LogP contribution is -2.47. The number of carbonyl (C=O) groups is 1. The van der Waals surface area contributed by atoms with E-state index in [4.69, 9.17) is 5.73 Å². The standard InChI is InChI=1S/C20H28N6O/c1-15-9-11-26(24-15)18-8-4-3-7-17(18)13-23-20(22-2)25-10-5-6-16(14-25)12-19(21)27/h3-4,7-9,11,16H,5-6,10,12-14H2,1-2H3,(H2,21,27)(H,22,23). The van der Waals surface area contributed by atoms with Gasteiger partial charge in [-0.05, 0) is 43.4 Å². The summed E-state index contributed by atoms with van der Waals surface area (Å²) in [6.07, 6.45) is 4.50. The molecule has 1 aliphatic heterocycles. The van der Waals surface area contributed by atoms with Crippen molar-refractivity contribution in [2.24, 2.45) is 16.6 Å². The van der Waals surface area contributed by atoms with Crippen LogP contribution in [0.3, 0.4) is 0 Å². The normalized spacial score (nSPS) is 17.8. The molecule has 0 spiro atoms. The van der Waals surface area contributed by atoms with Crippen molar-refractivity contribution >= 4 is 11.9 Å². The fourth-order valence-corrected chi connectivity index (χ4v) is 3.65. The highest BCUT2D eigenvalue weighted by Crippen LogP contribution is 2.20. The van der Waals surface area contributed by atoms with Gasteiger partial charge in [0.15, 0.2) is 5.96 Å². The minimum absolute atomic E-state index is 0.228. The van der Waals surface area contributed by atoms with Crippen LogP contribution in [0.15, 0.2) is 41.5 Å². The number of aryl methyl sites for hydroxylation is 1. The van der Waals surface area contributed by atoms with Gasteiger partial charge in [0.25, 0.3) is 0 Å². The summed E-state index contributed by atoms with van der Waals surface area (Å²) in [6, 6.07) is 10.2. The number of carbonyl (C=O) groups excluding carboxylic acids is 1. The predicted octanol–water partition coefficient (Wildman–Crippen LogP) is 1.84. The molecule has 1 aromatic carbocycles. The van der Waals surface area contributed by atoms with Gasteiger partial charge in [-0.3, -0.25) is 9.79 Å². The van der Waals surface area contributed by atoms with Crippen molar-refractivity contribution in [3.63, 3.8) is 0 Å². The third-order valence-corrected chi connectivity index (χ3v) is 4.92. The van der Waals surface area contributed by atoms with Gasteiger partial charge in [0.2, 0.25) is 5.91 Å². The number of guanidine groups is 1. The van der Waals surface area contributed by atoms with Crippen LogP contribution < -0.4 is 11.1 Å². The molecule has 1 amide bonds. The summed E-state index contributed by atoms with van der Waals surface area (Å²) < 4.78 is 1.90. The fraction of sp³-hybridized carbons (Fsp3) is 0.450. The number of hydrogen-bond acceptors (Lipinski definition) is 3. The number of piperidine rings is 1. The smallest absolute Gasteiger partial charge is 0.217 e. The summed E-state index contributed by atoms with van der Waals surface area (Å²) in [4.78, 5) is 17.9. The van der Waals surface area contributed by atoms with Crippen LogP contribution in [0, 0.1) is 12.8 Å². The van der Waals surface area contributed by atoms with E-state index in [1.807, 2.05) is 36.0 Å². The average Bonchev–Trinajstić information content (AvgIpc) is 3.08. The third-order valence-electron chi connectivity index (χ3n) is 4.92. The number of aliphatic imine (C=N–C) groups is 1. The molecule has 3 N–H and O–H groups in total. The Bertz CT molecular complexity index is 812. The molecule has 0 bridgehead atoms. The number of amides is 1. The van der Waals surface area contributed by atoms with Gasteiger partial charge in [-0.2, -0.15) is 5.10 Å². The molecule has 144 valence electrons. The van der Waals surface area contributed by atoms with E-state index in [-0.39, 0.29) is 5.91 Å². The summed E-state index contributed by atoms with van der Waals surface area (Å²) in [6.45, 7) is 4.38. The Labute approximate surface area is 160 Å². The van der Waals surface area contributed by atoms with Crippen LogP contribution in [-0.4, -0.2) is 46.7 Å². The number of benzene rings is 1. The molecule has 0 saturated carbocycles. The van der Waals surface area contributed by atoms with Crippen LogP contribution in [0.4, 0.5) is 0 Å². The maximum Gasteiger partial charge on any atom is 0.217 e. The number of aromatic nitrogens is 2. The molecule has 1 aromatic heterocycles. The van der Waals surface area contributed by atoms with Crippen LogP contribution in [0.1, 0.15) is 30.5 Å². The molecular weight excluding hydrogens is 340 g/mol. The number of hydrogen-bond donors (Lipinski definition) is 2. The average molecular weight is 368 g/mol. The fourth-order valence-electron chi connectivity index (χ4n) is 3.65. The number of rotatable bonds is 5. The molecule has 1 unspecified atom stereocenters. The second kappa shape index (κ2) is 8.70. The molecule has 0 aliphatic carbocycles. The third kappa shape index (κ3) is 4.87. The van der Waals surface area contributed by atoms with E-state index in [2.05, 4.69) is 32.4 Å². The predicted molar refractivity (Wildman–Crippen MR) is 107 cm³/mol. The Hall–Kier alpha value is -2.83. The van der Waals surface area contributed by atoms with E-state index < -0.39 is 0 Å². The first-order chi connectivity index (χ1) is 13.1. The molecular formula is C20H28N6O. The maximum absolute atomic E-state index is 11.2. The van der Waals surface area contributed by atoms with Crippen LogP contribution in [0.25, 0.3) is 5.69 Å². The number of nitrogens with one attached hydrogen (secondary N) is 1. The zero-order chi connectivity index (χ0) is 19.2. The van der Waals surface area contributed by atoms with Crippen molar-refractivity contribution in [2.75, 3.05) is 20.1 Å². The number of likely N-dealkylation sites (tertiary alicyclic amines) is 1. The van der Waals surface area contributed by atoms with Crippen molar-refractivity contribution < 1.29 is 4.79 Å². The van der Waals surface area contributed by atoms with Crippen molar-refractivity contribution in [2.45, 2.75) is 32.7 Å². The Morgan fingerprint density at radius 1 is 1.37 bits per heavy atom. The van der Waals surface area contributed by atoms with E-state index in [1.54, 1.807) is 7.05 Å². The van der Waals surface area contributed by atoms with Gasteiger partial charge in [-0.15, -0.1) is 0 Å². The highest BCUT2D eigenvalue weighted by atomic mass is 16.1. The monoisotopic (exact) mass is 368 g/mol. The van der Waals surface area contributed by atoms with Gasteiger partial charge in [0.1, 0.15) is 0 Å². The minimum Gasteiger partial charge on any atom is -0.370 e. The molecule has 0 radical (unpaired) electrons. The quantitative estimate of drug-likeness (QED) is 0.623. The van der Waals surface area contributed by atoms with Crippen LogP contribution in [0.5, 0.6) is 0 Å². The number of nitrogens with zero attached hydrogens (tertiary/aromatic N) is 4. The lowest BCUT2D eigenvalue weighted by molar-refractivity contribution is -0.119. The first-order valence-electron chi connectivity index (χ1n) is 9.41. The Kier molecular flexibility index (Phi) is 6.11. The van der Waals surface area contributed by atoms with E-state index >= 15 is 0 Å². The number of nitrogens with two attached hydrogens (primary N) is 1. The van der Waals surface area contributed by atoms with E-state index in [9.17, 15) is 4.79 Å². The van der Waals surface area contributed by atoms with E-state index in [1.165, 1.54) is 0 Å². The first-order valence-corrected chi connectivity index (χ1v) is 9.41. The maximum atomic E-state index is 11.2. The van der Waals surface area contributed by atoms with Crippen LogP contribution >= 0.6 is 0 Å². The number of para-hydroxylation sites is 1. The Balaban J connectivity index is 1.68. The number of primary amides is 1. The molecule has 27 heavy (non-hydrogen) atoms. The van der Waals surface area contributed by atoms with E-state index in [0.29, 0.717) is 18.9 Å². The summed E-state index contributed by atoms with van der Waals surface area (Å²) in [5.74, 6) is 0.929. The molecule has 2 aromatic rings. The molecule has 7 nitrogen and oxygen atoms in total. The lowest BCUT2D eigenvalue weighted by Gasteiger charge is -2.34. The SMILES string of the molecule is CN=C(NCc1ccccc1-n1ccc(C)n1)N1CCCC(CC(N)=O)C1. The second-order valence-corrected chi connectivity index (χ2v) is 7.06. The van der Waals surface area contributed by atoms with Gasteiger partial charge < -0.3 is 16.0 Å².